The summed E-state index contributed by atoms with van der Waals surface area (Å²) in [4.78, 5) is 34.5. The van der Waals surface area contributed by atoms with Crippen LogP contribution in [-0.4, -0.2) is 41.7 Å². The Hall–Kier alpha value is -3.02. The lowest BCUT2D eigenvalue weighted by atomic mass is 10.0. The zero-order chi connectivity index (χ0) is 27.8. The Morgan fingerprint density at radius 2 is 1.66 bits per heavy atom. The zero-order valence-corrected chi connectivity index (χ0v) is 21.9. The summed E-state index contributed by atoms with van der Waals surface area (Å²) >= 11 is 0. The number of nitrogens with one attached hydrogen (secondary N) is 2. The predicted molar refractivity (Wildman–Crippen MR) is 137 cm³/mol. The lowest BCUT2D eigenvalue weighted by Gasteiger charge is -2.20. The average molecular weight is 568 g/mol. The van der Waals surface area contributed by atoms with E-state index >= 15 is 0 Å². The number of aromatic nitrogens is 1. The van der Waals surface area contributed by atoms with Gasteiger partial charge in [0.15, 0.2) is 0 Å². The van der Waals surface area contributed by atoms with Crippen LogP contribution in [0.3, 0.4) is 0 Å². The number of amides is 1. The van der Waals surface area contributed by atoms with Gasteiger partial charge in [0.2, 0.25) is 15.9 Å². The first-order chi connectivity index (χ1) is 17.9. The number of alkyl halides is 2. The van der Waals surface area contributed by atoms with Gasteiger partial charge < -0.3 is 15.1 Å². The van der Waals surface area contributed by atoms with E-state index < -0.39 is 40.8 Å². The van der Waals surface area contributed by atoms with Crippen LogP contribution < -0.4 is 10.0 Å². The standard InChI is InChI=1S/C25H28F2N3O6PS/c26-25(27,37(32,33)34)21-13-11-20(12-14-21)17-23(30-38(35,36)22-10-6-15-28-18-22)24(31)29-16-5-4-9-19-7-2-1-3-8-19/h1-3,6-8,10-15,18,23,30H,4-5,9,16-17H2,(H,29,31)(H2,32,33,34). The highest BCUT2D eigenvalue weighted by molar-refractivity contribution is 7.89. The van der Waals surface area contributed by atoms with Gasteiger partial charge >= 0.3 is 13.3 Å². The van der Waals surface area contributed by atoms with Gasteiger partial charge in [-0.05, 0) is 48.9 Å². The molecule has 1 atom stereocenters. The molecule has 0 radical (unpaired) electrons. The highest BCUT2D eigenvalue weighted by Crippen LogP contribution is 2.59. The number of pyridine rings is 1. The third kappa shape index (κ3) is 7.99. The maximum Gasteiger partial charge on any atom is 0.399 e. The Balaban J connectivity index is 1.70. The van der Waals surface area contributed by atoms with Crippen molar-refractivity contribution in [3.05, 3.63) is 95.8 Å². The fraction of sp³-hybridized carbons (Fsp3) is 0.280. The highest BCUT2D eigenvalue weighted by Gasteiger charge is 2.50. The van der Waals surface area contributed by atoms with Gasteiger partial charge in [-0.1, -0.05) is 54.6 Å². The second-order valence-electron chi connectivity index (χ2n) is 8.58. The second-order valence-corrected chi connectivity index (χ2v) is 11.9. The van der Waals surface area contributed by atoms with E-state index in [4.69, 9.17) is 9.79 Å². The van der Waals surface area contributed by atoms with Crippen LogP contribution in [-0.2, 0) is 37.9 Å². The predicted octanol–water partition coefficient (Wildman–Crippen LogP) is 3.34. The number of carbonyl (C=O) groups is 1. The van der Waals surface area contributed by atoms with Crippen LogP contribution in [0, 0.1) is 0 Å². The Bertz CT molecular complexity index is 1350. The summed E-state index contributed by atoms with van der Waals surface area (Å²) in [6.07, 6.45) is 4.59. The smallest absolute Gasteiger partial charge is 0.355 e. The Morgan fingerprint density at radius 1 is 0.974 bits per heavy atom. The summed E-state index contributed by atoms with van der Waals surface area (Å²) in [6.45, 7) is 0.296. The number of rotatable bonds is 13. The van der Waals surface area contributed by atoms with Gasteiger partial charge in [-0.25, -0.2) is 8.42 Å². The maximum atomic E-state index is 14.0. The van der Waals surface area contributed by atoms with Crippen LogP contribution in [0.2, 0.25) is 0 Å². The number of nitrogens with zero attached hydrogens (tertiary/aromatic N) is 1. The van der Waals surface area contributed by atoms with E-state index in [2.05, 4.69) is 15.0 Å². The minimum Gasteiger partial charge on any atom is -0.355 e. The largest absolute Gasteiger partial charge is 0.399 e. The fourth-order valence-corrected chi connectivity index (χ4v) is 5.27. The molecule has 13 heteroatoms. The van der Waals surface area contributed by atoms with Crippen LogP contribution in [0.4, 0.5) is 8.78 Å². The van der Waals surface area contributed by atoms with Crippen molar-refractivity contribution in [2.24, 2.45) is 0 Å². The number of halogens is 2. The quantitative estimate of drug-likeness (QED) is 0.183. The van der Waals surface area contributed by atoms with Gasteiger partial charge in [-0.2, -0.15) is 13.5 Å². The van der Waals surface area contributed by atoms with Crippen molar-refractivity contribution < 1.29 is 36.3 Å². The topological polar surface area (TPSA) is 146 Å². The van der Waals surface area contributed by atoms with E-state index in [1.54, 1.807) is 0 Å². The van der Waals surface area contributed by atoms with Crippen molar-refractivity contribution in [2.75, 3.05) is 6.54 Å². The van der Waals surface area contributed by atoms with Gasteiger partial charge in [0.05, 0.1) is 0 Å². The minimum absolute atomic E-state index is 0.155. The van der Waals surface area contributed by atoms with Crippen molar-refractivity contribution in [1.29, 1.82) is 0 Å². The van der Waals surface area contributed by atoms with Crippen molar-refractivity contribution >= 4 is 23.5 Å². The molecule has 1 amide bonds. The van der Waals surface area contributed by atoms with Crippen LogP contribution in [0.1, 0.15) is 29.5 Å². The molecule has 1 heterocycles. The summed E-state index contributed by atoms with van der Waals surface area (Å²) in [5, 5.41) is 2.71. The Kier molecular flexibility index (Phi) is 9.86. The Labute approximate surface area is 219 Å². The van der Waals surface area contributed by atoms with E-state index in [1.165, 1.54) is 18.3 Å². The highest BCUT2D eigenvalue weighted by atomic mass is 32.2. The third-order valence-corrected chi connectivity index (χ3v) is 8.15. The molecular formula is C25H28F2N3O6PS. The zero-order valence-electron chi connectivity index (χ0n) is 20.2. The molecular weight excluding hydrogens is 539 g/mol. The lowest BCUT2D eigenvalue weighted by molar-refractivity contribution is -0.122. The fourth-order valence-electron chi connectivity index (χ4n) is 3.63. The van der Waals surface area contributed by atoms with Crippen molar-refractivity contribution in [3.63, 3.8) is 0 Å². The minimum atomic E-state index is -5.74. The molecule has 9 nitrogen and oxygen atoms in total. The normalized spacial score (nSPS) is 13.2. The molecule has 0 aliphatic rings. The molecule has 0 spiro atoms. The first-order valence-electron chi connectivity index (χ1n) is 11.7. The molecule has 0 fully saturated rings. The SMILES string of the molecule is O=C(NCCCCc1ccccc1)C(Cc1ccc(C(F)(F)P(=O)(O)O)cc1)NS(=O)(=O)c1cccnc1. The van der Waals surface area contributed by atoms with E-state index in [0.29, 0.717) is 18.5 Å². The first-order valence-corrected chi connectivity index (χ1v) is 14.8. The second kappa shape index (κ2) is 12.7. The van der Waals surface area contributed by atoms with Gasteiger partial charge in [0, 0.05) is 24.5 Å². The maximum absolute atomic E-state index is 14.0. The Morgan fingerprint density at radius 3 is 2.26 bits per heavy atom. The van der Waals surface area contributed by atoms with E-state index in [1.807, 2.05) is 30.3 Å². The lowest BCUT2D eigenvalue weighted by Crippen LogP contribution is -2.48. The number of hydrogen-bond donors (Lipinski definition) is 4. The molecule has 3 aromatic rings. The molecule has 3 rings (SSSR count). The third-order valence-electron chi connectivity index (χ3n) is 5.70. The van der Waals surface area contributed by atoms with Crippen LogP contribution in [0.5, 0.6) is 0 Å². The van der Waals surface area contributed by atoms with Gasteiger partial charge in [0.1, 0.15) is 10.9 Å². The van der Waals surface area contributed by atoms with Crippen LogP contribution in [0.25, 0.3) is 0 Å². The summed E-state index contributed by atoms with van der Waals surface area (Å²) in [5.74, 6) is -0.609. The summed E-state index contributed by atoms with van der Waals surface area (Å²) in [5.41, 5.74) is -3.82. The van der Waals surface area contributed by atoms with Crippen molar-refractivity contribution in [1.82, 2.24) is 15.0 Å². The van der Waals surface area contributed by atoms with Crippen molar-refractivity contribution in [2.45, 2.75) is 42.3 Å². The summed E-state index contributed by atoms with van der Waals surface area (Å²) in [6, 6.07) is 15.3. The van der Waals surface area contributed by atoms with Crippen LogP contribution in [0.15, 0.2) is 84.0 Å². The summed E-state index contributed by atoms with van der Waals surface area (Å²) in [7, 11) is -9.89. The molecule has 2 aromatic carbocycles. The molecule has 0 saturated heterocycles. The molecule has 204 valence electrons. The molecule has 38 heavy (non-hydrogen) atoms. The number of unbranched alkanes of at least 4 members (excludes halogenated alkanes) is 1. The molecule has 0 bridgehead atoms. The van der Waals surface area contributed by atoms with Gasteiger partial charge in [0.25, 0.3) is 0 Å². The molecule has 1 unspecified atom stereocenters. The number of benzene rings is 2. The average Bonchev–Trinajstić information content (AvgIpc) is 2.88. The molecule has 0 saturated carbocycles. The molecule has 0 aliphatic carbocycles. The molecule has 4 N–H and O–H groups in total. The summed E-state index contributed by atoms with van der Waals surface area (Å²) < 4.78 is 67.1. The van der Waals surface area contributed by atoms with Gasteiger partial charge in [-0.15, -0.1) is 0 Å². The number of sulfonamides is 1. The molecule has 0 aliphatic heterocycles. The van der Waals surface area contributed by atoms with E-state index in [9.17, 15) is 26.6 Å². The van der Waals surface area contributed by atoms with E-state index in [-0.39, 0.29) is 11.3 Å². The van der Waals surface area contributed by atoms with E-state index in [0.717, 1.165) is 48.9 Å². The van der Waals surface area contributed by atoms with Gasteiger partial charge in [-0.3, -0.25) is 14.3 Å². The monoisotopic (exact) mass is 567 g/mol. The van der Waals surface area contributed by atoms with Crippen LogP contribution >= 0.6 is 7.60 Å². The number of hydrogen-bond acceptors (Lipinski definition) is 5. The first kappa shape index (κ1) is 29.5. The number of carbonyl (C=O) groups excluding carboxylic acids is 1. The van der Waals surface area contributed by atoms with Crippen molar-refractivity contribution in [3.8, 4) is 0 Å². The number of aryl methyl sites for hydroxylation is 1. The molecule has 1 aromatic heterocycles.